The molecule has 0 aliphatic carbocycles. The second-order valence-electron chi connectivity index (χ2n) is 14.5. The van der Waals surface area contributed by atoms with Crippen molar-refractivity contribution in [1.29, 1.82) is 0 Å². The Morgan fingerprint density at radius 2 is 0.526 bits per heavy atom. The van der Waals surface area contributed by atoms with Gasteiger partial charge in [0, 0.05) is 16.9 Å². The number of nitrogens with zero attached hydrogens (tertiary/aromatic N) is 1. The van der Waals surface area contributed by atoms with Gasteiger partial charge in [-0.2, -0.15) is 0 Å². The Morgan fingerprint density at radius 1 is 0.211 bits per heavy atom. The number of rotatable bonds is 8. The Balaban J connectivity index is 1.13. The van der Waals surface area contributed by atoms with Crippen LogP contribution < -0.4 is 4.90 Å². The van der Waals surface area contributed by atoms with Crippen LogP contribution in [0.5, 0.6) is 0 Å². The van der Waals surface area contributed by atoms with Crippen LogP contribution in [0.3, 0.4) is 0 Å². The second-order valence-corrected chi connectivity index (χ2v) is 14.5. The minimum absolute atomic E-state index is 1.09. The van der Waals surface area contributed by atoms with E-state index in [0.29, 0.717) is 0 Å². The van der Waals surface area contributed by atoms with Crippen molar-refractivity contribution >= 4 is 38.6 Å². The molecule has 0 aliphatic rings. The van der Waals surface area contributed by atoms with E-state index in [4.69, 9.17) is 0 Å². The molecule has 10 aromatic rings. The first-order valence-corrected chi connectivity index (χ1v) is 19.6. The molecular weight excluding hydrogens is 687 g/mol. The SMILES string of the molecule is c1ccc(-c2ccc(-c3ccccc3N(c3ccc(-c4ccccc4)cc3)c3ccc(-c4c(-c5ccccc5)c5ccccc5c5ccccc45)cc3)cc2)cc1. The number of hydrogen-bond acceptors (Lipinski definition) is 1. The van der Waals surface area contributed by atoms with E-state index in [-0.39, 0.29) is 0 Å². The summed E-state index contributed by atoms with van der Waals surface area (Å²) in [6.45, 7) is 0. The monoisotopic (exact) mass is 725 g/mol. The molecule has 0 aromatic heterocycles. The number of fused-ring (bicyclic) bond motifs is 3. The van der Waals surface area contributed by atoms with Crippen LogP contribution in [0, 0.1) is 0 Å². The van der Waals surface area contributed by atoms with E-state index >= 15 is 0 Å². The molecule has 57 heavy (non-hydrogen) atoms. The van der Waals surface area contributed by atoms with Gasteiger partial charge in [0.15, 0.2) is 0 Å². The maximum absolute atomic E-state index is 2.40. The third-order valence-corrected chi connectivity index (χ3v) is 11.1. The highest BCUT2D eigenvalue weighted by Crippen LogP contribution is 2.46. The quantitative estimate of drug-likeness (QED) is 0.141. The summed E-state index contributed by atoms with van der Waals surface area (Å²) in [4.78, 5) is 2.40. The van der Waals surface area contributed by atoms with Crippen molar-refractivity contribution in [3.8, 4) is 55.6 Å². The van der Waals surface area contributed by atoms with E-state index < -0.39 is 0 Å². The predicted molar refractivity (Wildman–Crippen MR) is 243 cm³/mol. The zero-order chi connectivity index (χ0) is 38.0. The normalized spacial score (nSPS) is 11.2. The lowest BCUT2D eigenvalue weighted by Gasteiger charge is -2.28. The fraction of sp³-hybridized carbons (Fsp3) is 0. The van der Waals surface area contributed by atoms with Gasteiger partial charge in [-0.1, -0.05) is 206 Å². The Hall–Kier alpha value is -7.48. The van der Waals surface area contributed by atoms with E-state index in [1.54, 1.807) is 0 Å². The summed E-state index contributed by atoms with van der Waals surface area (Å²) in [6, 6.07) is 85.5. The molecule has 0 unspecified atom stereocenters. The lowest BCUT2D eigenvalue weighted by molar-refractivity contribution is 1.28. The Labute approximate surface area is 334 Å². The second kappa shape index (κ2) is 15.0. The van der Waals surface area contributed by atoms with Crippen LogP contribution in [-0.4, -0.2) is 0 Å². The first kappa shape index (κ1) is 34.0. The summed E-state index contributed by atoms with van der Waals surface area (Å²) in [5.41, 5.74) is 15.4. The van der Waals surface area contributed by atoms with Gasteiger partial charge in [0.2, 0.25) is 0 Å². The van der Waals surface area contributed by atoms with E-state index in [9.17, 15) is 0 Å². The van der Waals surface area contributed by atoms with Crippen molar-refractivity contribution in [3.05, 3.63) is 237 Å². The molecule has 0 atom stereocenters. The molecule has 0 saturated heterocycles. The first-order valence-electron chi connectivity index (χ1n) is 19.6. The van der Waals surface area contributed by atoms with Crippen LogP contribution in [0.1, 0.15) is 0 Å². The molecule has 0 heterocycles. The highest BCUT2D eigenvalue weighted by atomic mass is 15.1. The number of anilines is 3. The number of benzene rings is 10. The molecule has 268 valence electrons. The van der Waals surface area contributed by atoms with Gasteiger partial charge in [-0.05, 0) is 102 Å². The van der Waals surface area contributed by atoms with Gasteiger partial charge in [0.25, 0.3) is 0 Å². The maximum atomic E-state index is 2.40. The van der Waals surface area contributed by atoms with Gasteiger partial charge in [-0.15, -0.1) is 0 Å². The highest BCUT2D eigenvalue weighted by Gasteiger charge is 2.20. The van der Waals surface area contributed by atoms with Crippen molar-refractivity contribution in [2.24, 2.45) is 0 Å². The number of hydrogen-bond donors (Lipinski definition) is 0. The van der Waals surface area contributed by atoms with Gasteiger partial charge >= 0.3 is 0 Å². The average molecular weight is 726 g/mol. The summed E-state index contributed by atoms with van der Waals surface area (Å²) in [6.07, 6.45) is 0. The van der Waals surface area contributed by atoms with E-state index in [0.717, 1.165) is 17.1 Å². The standard InChI is InChI=1S/C56H39N/c1-4-16-40(17-5-1)42-28-30-44(31-29-42)49-22-14-15-27-54(49)57(47-36-32-43(33-37-47)41-18-6-2-7-19-41)48-38-34-46(35-39-48)56-53-26-13-11-24-51(53)50-23-10-12-25-52(50)55(56)45-20-8-3-9-21-45/h1-39H. The predicted octanol–water partition coefficient (Wildman–Crippen LogP) is 15.8. The lowest BCUT2D eigenvalue weighted by atomic mass is 9.85. The largest absolute Gasteiger partial charge is 0.310 e. The summed E-state index contributed by atoms with van der Waals surface area (Å²) in [5.74, 6) is 0. The Bertz CT molecular complexity index is 2950. The Kier molecular flexibility index (Phi) is 8.95. The molecule has 1 nitrogen and oxygen atoms in total. The van der Waals surface area contributed by atoms with Crippen molar-refractivity contribution in [2.45, 2.75) is 0 Å². The molecule has 0 saturated carbocycles. The van der Waals surface area contributed by atoms with Crippen LogP contribution in [0.15, 0.2) is 237 Å². The third kappa shape index (κ3) is 6.46. The molecule has 0 aliphatic heterocycles. The average Bonchev–Trinajstić information content (AvgIpc) is 3.30. The fourth-order valence-electron chi connectivity index (χ4n) is 8.37. The van der Waals surface area contributed by atoms with Crippen molar-refractivity contribution in [1.82, 2.24) is 0 Å². The molecule has 10 aromatic carbocycles. The van der Waals surface area contributed by atoms with Gasteiger partial charge in [0.1, 0.15) is 0 Å². The van der Waals surface area contributed by atoms with Crippen LogP contribution in [0.2, 0.25) is 0 Å². The molecule has 0 amide bonds. The van der Waals surface area contributed by atoms with Crippen LogP contribution in [0.25, 0.3) is 77.2 Å². The van der Waals surface area contributed by atoms with Crippen molar-refractivity contribution in [3.63, 3.8) is 0 Å². The summed E-state index contributed by atoms with van der Waals surface area (Å²) < 4.78 is 0. The molecule has 10 rings (SSSR count). The lowest BCUT2D eigenvalue weighted by Crippen LogP contribution is -2.11. The summed E-state index contributed by atoms with van der Waals surface area (Å²) in [7, 11) is 0. The zero-order valence-electron chi connectivity index (χ0n) is 31.5. The molecule has 0 spiro atoms. The maximum Gasteiger partial charge on any atom is 0.0540 e. The summed E-state index contributed by atoms with van der Waals surface area (Å²) >= 11 is 0. The van der Waals surface area contributed by atoms with Crippen LogP contribution in [-0.2, 0) is 0 Å². The minimum Gasteiger partial charge on any atom is -0.310 e. The van der Waals surface area contributed by atoms with E-state index in [2.05, 4.69) is 241 Å². The fourth-order valence-corrected chi connectivity index (χ4v) is 8.37. The molecule has 0 fully saturated rings. The van der Waals surface area contributed by atoms with Gasteiger partial charge in [-0.3, -0.25) is 0 Å². The molecule has 0 bridgehead atoms. The van der Waals surface area contributed by atoms with E-state index in [1.807, 2.05) is 0 Å². The molecule has 0 radical (unpaired) electrons. The van der Waals surface area contributed by atoms with Gasteiger partial charge < -0.3 is 4.90 Å². The minimum atomic E-state index is 1.09. The highest BCUT2D eigenvalue weighted by molar-refractivity contribution is 6.21. The van der Waals surface area contributed by atoms with Crippen molar-refractivity contribution in [2.75, 3.05) is 4.90 Å². The van der Waals surface area contributed by atoms with Crippen LogP contribution >= 0.6 is 0 Å². The smallest absolute Gasteiger partial charge is 0.0540 e. The molecule has 0 N–H and O–H groups in total. The molecular formula is C56H39N. The van der Waals surface area contributed by atoms with E-state index in [1.165, 1.54) is 77.2 Å². The third-order valence-electron chi connectivity index (χ3n) is 11.1. The van der Waals surface area contributed by atoms with Crippen molar-refractivity contribution < 1.29 is 0 Å². The van der Waals surface area contributed by atoms with Crippen LogP contribution in [0.4, 0.5) is 17.1 Å². The topological polar surface area (TPSA) is 3.24 Å². The Morgan fingerprint density at radius 3 is 1.02 bits per heavy atom. The molecule has 1 heteroatoms. The first-order chi connectivity index (χ1) is 28.3. The number of para-hydroxylation sites is 1. The van der Waals surface area contributed by atoms with Gasteiger partial charge in [0.05, 0.1) is 5.69 Å². The zero-order valence-corrected chi connectivity index (χ0v) is 31.5. The summed E-state index contributed by atoms with van der Waals surface area (Å²) in [5, 5.41) is 5.04. The van der Waals surface area contributed by atoms with Gasteiger partial charge in [-0.25, -0.2) is 0 Å².